The molecule has 0 aliphatic rings. The number of halogens is 3. The quantitative estimate of drug-likeness (QED) is 0.249. The van der Waals surface area contributed by atoms with Crippen molar-refractivity contribution in [1.82, 2.24) is 4.98 Å². The SMILES string of the molecule is Cc1ccc(C)c(COc2cccc(-c3c(-c4ccccc4)cnc4c(C(F)(F)F)cccc34)c2)c1. The van der Waals surface area contributed by atoms with E-state index >= 15 is 0 Å². The molecule has 0 radical (unpaired) electrons. The van der Waals surface area contributed by atoms with E-state index in [-0.39, 0.29) is 5.52 Å². The summed E-state index contributed by atoms with van der Waals surface area (Å²) >= 11 is 0. The van der Waals surface area contributed by atoms with Crippen molar-refractivity contribution in [2.75, 3.05) is 0 Å². The van der Waals surface area contributed by atoms with E-state index in [4.69, 9.17) is 4.74 Å². The topological polar surface area (TPSA) is 22.1 Å². The molecule has 4 aromatic carbocycles. The smallest absolute Gasteiger partial charge is 0.418 e. The minimum atomic E-state index is -4.51. The van der Waals surface area contributed by atoms with Crippen LogP contribution >= 0.6 is 0 Å². The number of aryl methyl sites for hydroxylation is 2. The lowest BCUT2D eigenvalue weighted by Gasteiger charge is -2.17. The van der Waals surface area contributed by atoms with Crippen LogP contribution in [-0.4, -0.2) is 4.98 Å². The predicted octanol–water partition coefficient (Wildman–Crippen LogP) is 8.78. The number of fused-ring (bicyclic) bond motifs is 1. The van der Waals surface area contributed by atoms with Crippen LogP contribution in [0.3, 0.4) is 0 Å². The molecule has 1 heterocycles. The molecule has 0 atom stereocenters. The molecule has 0 amide bonds. The first-order valence-electron chi connectivity index (χ1n) is 11.6. The van der Waals surface area contributed by atoms with Gasteiger partial charge in [-0.15, -0.1) is 0 Å². The summed E-state index contributed by atoms with van der Waals surface area (Å²) in [4.78, 5) is 4.28. The first-order chi connectivity index (χ1) is 17.3. The Morgan fingerprint density at radius 2 is 1.53 bits per heavy atom. The molecule has 0 fully saturated rings. The van der Waals surface area contributed by atoms with E-state index in [1.165, 1.54) is 12.3 Å². The number of aromatic nitrogens is 1. The third kappa shape index (κ3) is 4.69. The second kappa shape index (κ2) is 9.50. The Morgan fingerprint density at radius 3 is 2.31 bits per heavy atom. The van der Waals surface area contributed by atoms with E-state index in [0.717, 1.165) is 39.4 Å². The van der Waals surface area contributed by atoms with Crippen molar-refractivity contribution in [2.24, 2.45) is 0 Å². The standard InChI is InChI=1S/C31H24F3NO/c1-20-14-15-21(2)24(16-20)19-36-25-11-6-10-23(17-25)29-26-12-7-13-28(31(32,33)34)30(26)35-18-27(29)22-8-4-3-5-9-22/h3-18H,19H2,1-2H3. The van der Waals surface area contributed by atoms with Gasteiger partial charge in [0.1, 0.15) is 12.4 Å². The maximum Gasteiger partial charge on any atom is 0.418 e. The first-order valence-corrected chi connectivity index (χ1v) is 11.6. The zero-order valence-corrected chi connectivity index (χ0v) is 19.9. The highest BCUT2D eigenvalue weighted by atomic mass is 19.4. The minimum absolute atomic E-state index is 0.0682. The van der Waals surface area contributed by atoms with Crippen LogP contribution in [-0.2, 0) is 12.8 Å². The molecule has 0 aliphatic carbocycles. The van der Waals surface area contributed by atoms with E-state index in [9.17, 15) is 13.2 Å². The second-order valence-corrected chi connectivity index (χ2v) is 8.86. The molecule has 0 bridgehead atoms. The number of nitrogens with zero attached hydrogens (tertiary/aromatic N) is 1. The number of pyridine rings is 1. The largest absolute Gasteiger partial charge is 0.489 e. The Bertz CT molecular complexity index is 1540. The monoisotopic (exact) mass is 483 g/mol. The molecule has 0 N–H and O–H groups in total. The third-order valence-corrected chi connectivity index (χ3v) is 6.31. The van der Waals surface area contributed by atoms with Crippen molar-refractivity contribution in [2.45, 2.75) is 26.6 Å². The fraction of sp³-hybridized carbons (Fsp3) is 0.129. The van der Waals surface area contributed by atoms with Gasteiger partial charge in [0.05, 0.1) is 11.1 Å². The fourth-order valence-electron chi connectivity index (χ4n) is 4.46. The molecule has 0 saturated carbocycles. The number of rotatable bonds is 5. The lowest BCUT2D eigenvalue weighted by atomic mass is 9.91. The number of benzene rings is 4. The van der Waals surface area contributed by atoms with Gasteiger partial charge < -0.3 is 4.74 Å². The van der Waals surface area contributed by atoms with Crippen LogP contribution in [0.5, 0.6) is 5.75 Å². The Hall–Kier alpha value is -4.12. The Balaban J connectivity index is 1.64. The molecule has 0 saturated heterocycles. The average molecular weight is 484 g/mol. The molecule has 2 nitrogen and oxygen atoms in total. The zero-order chi connectivity index (χ0) is 25.3. The van der Waals surface area contributed by atoms with Crippen LogP contribution < -0.4 is 4.74 Å². The highest BCUT2D eigenvalue weighted by Gasteiger charge is 2.33. The summed E-state index contributed by atoms with van der Waals surface area (Å²) in [5, 5.41) is 0.442. The predicted molar refractivity (Wildman–Crippen MR) is 138 cm³/mol. The summed E-state index contributed by atoms with van der Waals surface area (Å²) in [5.41, 5.74) is 5.66. The fourth-order valence-corrected chi connectivity index (χ4v) is 4.46. The molecule has 5 aromatic rings. The second-order valence-electron chi connectivity index (χ2n) is 8.86. The molecular weight excluding hydrogens is 459 g/mol. The highest BCUT2D eigenvalue weighted by molar-refractivity contribution is 6.03. The number of ether oxygens (including phenoxy) is 1. The molecule has 0 unspecified atom stereocenters. The van der Waals surface area contributed by atoms with Gasteiger partial charge in [0.25, 0.3) is 0 Å². The van der Waals surface area contributed by atoms with E-state index < -0.39 is 11.7 Å². The van der Waals surface area contributed by atoms with E-state index in [0.29, 0.717) is 23.3 Å². The number of hydrogen-bond acceptors (Lipinski definition) is 2. The van der Waals surface area contributed by atoms with Gasteiger partial charge in [-0.3, -0.25) is 4.98 Å². The molecule has 0 aliphatic heterocycles. The normalized spacial score (nSPS) is 11.6. The Labute approximate surface area is 208 Å². The molecule has 0 spiro atoms. The van der Waals surface area contributed by atoms with Gasteiger partial charge in [-0.2, -0.15) is 13.2 Å². The summed E-state index contributed by atoms with van der Waals surface area (Å²) < 4.78 is 47.5. The summed E-state index contributed by atoms with van der Waals surface area (Å²) in [6.07, 6.45) is -2.97. The summed E-state index contributed by atoms with van der Waals surface area (Å²) in [6, 6.07) is 27.5. The van der Waals surface area contributed by atoms with Crippen molar-refractivity contribution in [1.29, 1.82) is 0 Å². The highest BCUT2D eigenvalue weighted by Crippen LogP contribution is 2.42. The van der Waals surface area contributed by atoms with Crippen molar-refractivity contribution < 1.29 is 17.9 Å². The molecular formula is C31H24F3NO. The minimum Gasteiger partial charge on any atom is -0.489 e. The Kier molecular flexibility index (Phi) is 6.23. The van der Waals surface area contributed by atoms with Crippen LogP contribution in [0.4, 0.5) is 13.2 Å². The zero-order valence-electron chi connectivity index (χ0n) is 19.9. The van der Waals surface area contributed by atoms with Gasteiger partial charge in [0, 0.05) is 22.7 Å². The maximum atomic E-state index is 13.8. The molecule has 180 valence electrons. The van der Waals surface area contributed by atoms with Crippen LogP contribution in [0.15, 0.2) is 97.2 Å². The van der Waals surface area contributed by atoms with E-state index in [1.807, 2.05) is 68.4 Å². The van der Waals surface area contributed by atoms with Gasteiger partial charge in [-0.05, 0) is 54.3 Å². The average Bonchev–Trinajstić information content (AvgIpc) is 2.88. The van der Waals surface area contributed by atoms with Gasteiger partial charge in [0.15, 0.2) is 0 Å². The number of para-hydroxylation sites is 1. The first kappa shape index (κ1) is 23.6. The van der Waals surface area contributed by atoms with Gasteiger partial charge in [-0.1, -0.05) is 78.4 Å². The Morgan fingerprint density at radius 1 is 0.778 bits per heavy atom. The molecule has 5 heteroatoms. The van der Waals surface area contributed by atoms with E-state index in [1.54, 1.807) is 6.07 Å². The molecule has 1 aromatic heterocycles. The van der Waals surface area contributed by atoms with Crippen LogP contribution in [0.25, 0.3) is 33.2 Å². The lowest BCUT2D eigenvalue weighted by molar-refractivity contribution is -0.136. The number of hydrogen-bond donors (Lipinski definition) is 0. The summed E-state index contributed by atoms with van der Waals surface area (Å²) in [6.45, 7) is 4.48. The lowest BCUT2D eigenvalue weighted by Crippen LogP contribution is -2.07. The van der Waals surface area contributed by atoms with Crippen molar-refractivity contribution in [3.8, 4) is 28.0 Å². The van der Waals surface area contributed by atoms with Crippen molar-refractivity contribution in [3.63, 3.8) is 0 Å². The summed E-state index contributed by atoms with van der Waals surface area (Å²) in [7, 11) is 0. The van der Waals surface area contributed by atoms with Crippen LogP contribution in [0.2, 0.25) is 0 Å². The van der Waals surface area contributed by atoms with Crippen LogP contribution in [0.1, 0.15) is 22.3 Å². The van der Waals surface area contributed by atoms with Crippen molar-refractivity contribution >= 4 is 10.9 Å². The van der Waals surface area contributed by atoms with E-state index in [2.05, 4.69) is 23.2 Å². The van der Waals surface area contributed by atoms with Gasteiger partial charge >= 0.3 is 6.18 Å². The van der Waals surface area contributed by atoms with Crippen molar-refractivity contribution in [3.05, 3.63) is 119 Å². The van der Waals surface area contributed by atoms with Gasteiger partial charge in [-0.25, -0.2) is 0 Å². The third-order valence-electron chi connectivity index (χ3n) is 6.31. The molecule has 36 heavy (non-hydrogen) atoms. The van der Waals surface area contributed by atoms with Crippen LogP contribution in [0, 0.1) is 13.8 Å². The van der Waals surface area contributed by atoms with Gasteiger partial charge in [0.2, 0.25) is 0 Å². The summed E-state index contributed by atoms with van der Waals surface area (Å²) in [5.74, 6) is 0.643. The number of alkyl halides is 3. The molecule has 5 rings (SSSR count). The maximum absolute atomic E-state index is 13.8.